The zero-order chi connectivity index (χ0) is 13.8. The topological polar surface area (TPSA) is 48.3 Å². The second kappa shape index (κ2) is 6.39. The van der Waals surface area contributed by atoms with Crippen LogP contribution in [0.3, 0.4) is 0 Å². The van der Waals surface area contributed by atoms with E-state index in [4.69, 9.17) is 9.47 Å². The van der Waals surface area contributed by atoms with Gasteiger partial charge in [-0.25, -0.2) is 0 Å². The fraction of sp³-hybridized carbons (Fsp3) is 0.786. The van der Waals surface area contributed by atoms with Crippen LogP contribution in [-0.4, -0.2) is 36.1 Å². The van der Waals surface area contributed by atoms with Gasteiger partial charge < -0.3 is 14.8 Å². The summed E-state index contributed by atoms with van der Waals surface area (Å²) in [5.74, 6) is 1.34. The third kappa shape index (κ3) is 2.77. The van der Waals surface area contributed by atoms with Gasteiger partial charge in [0, 0.05) is 19.1 Å². The summed E-state index contributed by atoms with van der Waals surface area (Å²) in [5.41, 5.74) is 1.15. The molecule has 5 heteroatoms. The molecule has 1 fully saturated rings. The Morgan fingerprint density at radius 2 is 2.37 bits per heavy atom. The Hall–Kier alpha value is -1.07. The van der Waals surface area contributed by atoms with Crippen molar-refractivity contribution >= 4 is 0 Å². The smallest absolute Gasteiger partial charge is 0.161 e. The van der Waals surface area contributed by atoms with E-state index in [2.05, 4.69) is 31.2 Å². The van der Waals surface area contributed by atoms with Crippen LogP contribution in [0.2, 0.25) is 0 Å². The fourth-order valence-electron chi connectivity index (χ4n) is 2.96. The van der Waals surface area contributed by atoms with Crippen molar-refractivity contribution in [1.29, 1.82) is 0 Å². The number of hydrogen-bond donors (Lipinski definition) is 1. The van der Waals surface area contributed by atoms with Gasteiger partial charge in [-0.1, -0.05) is 6.92 Å². The highest BCUT2D eigenvalue weighted by Crippen LogP contribution is 2.37. The summed E-state index contributed by atoms with van der Waals surface area (Å²) >= 11 is 0. The molecule has 3 unspecified atom stereocenters. The van der Waals surface area contributed by atoms with Gasteiger partial charge in [0.1, 0.15) is 0 Å². The first-order chi connectivity index (χ1) is 9.22. The average Bonchev–Trinajstić information content (AvgIpc) is 3.01. The Morgan fingerprint density at radius 3 is 2.89 bits per heavy atom. The molecule has 0 bridgehead atoms. The zero-order valence-electron chi connectivity index (χ0n) is 12.3. The first-order valence-corrected chi connectivity index (χ1v) is 7.17. The summed E-state index contributed by atoms with van der Waals surface area (Å²) in [6.07, 6.45) is 3.16. The molecule has 1 aliphatic rings. The maximum Gasteiger partial charge on any atom is 0.161 e. The molecule has 1 N–H and O–H groups in total. The van der Waals surface area contributed by atoms with Crippen molar-refractivity contribution in [3.63, 3.8) is 0 Å². The summed E-state index contributed by atoms with van der Waals surface area (Å²) < 4.78 is 13.2. The predicted octanol–water partition coefficient (Wildman–Crippen LogP) is 1.99. The summed E-state index contributed by atoms with van der Waals surface area (Å²) in [6.45, 7) is 9.01. The number of aryl methyl sites for hydroxylation is 1. The van der Waals surface area contributed by atoms with E-state index >= 15 is 0 Å². The van der Waals surface area contributed by atoms with Crippen LogP contribution in [0.25, 0.3) is 0 Å². The number of nitrogens with one attached hydrogen (secondary N) is 1. The summed E-state index contributed by atoms with van der Waals surface area (Å²) in [7, 11) is 1.71. The Morgan fingerprint density at radius 1 is 1.58 bits per heavy atom. The lowest BCUT2D eigenvalue weighted by molar-refractivity contribution is 0.0941. The van der Waals surface area contributed by atoms with Gasteiger partial charge in [-0.15, -0.1) is 0 Å². The number of aromatic nitrogens is 2. The van der Waals surface area contributed by atoms with Gasteiger partial charge in [0.05, 0.1) is 31.1 Å². The minimum Gasteiger partial charge on any atom is -0.493 e. The lowest BCUT2D eigenvalue weighted by Gasteiger charge is -2.27. The van der Waals surface area contributed by atoms with Gasteiger partial charge >= 0.3 is 0 Å². The van der Waals surface area contributed by atoms with Gasteiger partial charge in [-0.2, -0.15) is 5.10 Å². The van der Waals surface area contributed by atoms with Gasteiger partial charge in [-0.3, -0.25) is 4.68 Å². The molecular weight excluding hydrogens is 242 g/mol. The lowest BCUT2D eigenvalue weighted by atomic mass is 9.90. The van der Waals surface area contributed by atoms with Crippen molar-refractivity contribution in [1.82, 2.24) is 15.1 Å². The Bertz CT molecular complexity index is 384. The molecule has 0 aromatic carbocycles. The van der Waals surface area contributed by atoms with E-state index < -0.39 is 0 Å². The first-order valence-electron chi connectivity index (χ1n) is 7.17. The Labute approximate surface area is 115 Å². The van der Waals surface area contributed by atoms with Crippen molar-refractivity contribution < 1.29 is 9.47 Å². The van der Waals surface area contributed by atoms with E-state index in [0.29, 0.717) is 5.92 Å². The van der Waals surface area contributed by atoms with Crippen LogP contribution < -0.4 is 10.1 Å². The minimum atomic E-state index is 0.236. The molecule has 5 nitrogen and oxygen atoms in total. The molecule has 1 saturated heterocycles. The summed E-state index contributed by atoms with van der Waals surface area (Å²) in [5, 5.41) is 8.00. The highest BCUT2D eigenvalue weighted by atomic mass is 16.5. The van der Waals surface area contributed by atoms with Crippen LogP contribution in [0.15, 0.2) is 6.20 Å². The monoisotopic (exact) mass is 267 g/mol. The predicted molar refractivity (Wildman–Crippen MR) is 74.4 cm³/mol. The molecule has 0 amide bonds. The first kappa shape index (κ1) is 14.3. The van der Waals surface area contributed by atoms with Crippen molar-refractivity contribution in [2.75, 3.05) is 20.3 Å². The Kier molecular flexibility index (Phi) is 4.82. The van der Waals surface area contributed by atoms with Crippen LogP contribution in [0, 0.1) is 5.92 Å². The van der Waals surface area contributed by atoms with E-state index in [9.17, 15) is 0 Å². The Balaban J connectivity index is 2.34. The van der Waals surface area contributed by atoms with Crippen LogP contribution in [-0.2, 0) is 11.3 Å². The van der Waals surface area contributed by atoms with Gasteiger partial charge in [0.2, 0.25) is 0 Å². The van der Waals surface area contributed by atoms with Crippen LogP contribution in [0.5, 0.6) is 5.75 Å². The molecule has 1 aliphatic heterocycles. The van der Waals surface area contributed by atoms with Gasteiger partial charge in [-0.05, 0) is 26.8 Å². The maximum absolute atomic E-state index is 5.73. The highest BCUT2D eigenvalue weighted by molar-refractivity contribution is 5.29. The van der Waals surface area contributed by atoms with E-state index in [1.54, 1.807) is 7.11 Å². The third-order valence-electron chi connectivity index (χ3n) is 3.95. The van der Waals surface area contributed by atoms with Gasteiger partial charge in [0.15, 0.2) is 5.75 Å². The lowest BCUT2D eigenvalue weighted by Crippen LogP contribution is -2.33. The van der Waals surface area contributed by atoms with Crippen molar-refractivity contribution in [3.8, 4) is 5.75 Å². The SMILES string of the molecule is CCNC(c1c(OC)cnn1CC)C1CCOC1C. The van der Waals surface area contributed by atoms with E-state index in [1.807, 2.05) is 10.9 Å². The van der Waals surface area contributed by atoms with Crippen LogP contribution in [0.1, 0.15) is 38.9 Å². The van der Waals surface area contributed by atoms with E-state index in [0.717, 1.165) is 37.6 Å². The molecule has 0 spiro atoms. The molecule has 3 atom stereocenters. The van der Waals surface area contributed by atoms with Crippen molar-refractivity contribution in [3.05, 3.63) is 11.9 Å². The number of rotatable bonds is 6. The standard InChI is InChI=1S/C14H25N3O2/c1-5-15-13(11-7-8-19-10(11)3)14-12(18-4)9-16-17(14)6-2/h9-11,13,15H,5-8H2,1-4H3. The molecule has 1 aromatic rings. The van der Waals surface area contributed by atoms with Crippen LogP contribution in [0.4, 0.5) is 0 Å². The second-order valence-corrected chi connectivity index (χ2v) is 4.98. The molecule has 0 radical (unpaired) electrons. The quantitative estimate of drug-likeness (QED) is 0.856. The number of hydrogen-bond acceptors (Lipinski definition) is 4. The maximum atomic E-state index is 5.73. The van der Waals surface area contributed by atoms with E-state index in [-0.39, 0.29) is 12.1 Å². The second-order valence-electron chi connectivity index (χ2n) is 4.98. The molecule has 0 saturated carbocycles. The molecule has 2 heterocycles. The van der Waals surface area contributed by atoms with E-state index in [1.165, 1.54) is 0 Å². The molecule has 108 valence electrons. The van der Waals surface area contributed by atoms with Crippen molar-refractivity contribution in [2.45, 2.75) is 45.9 Å². The third-order valence-corrected chi connectivity index (χ3v) is 3.95. The normalized spacial score (nSPS) is 24.6. The highest BCUT2D eigenvalue weighted by Gasteiger charge is 2.35. The number of ether oxygens (including phenoxy) is 2. The zero-order valence-corrected chi connectivity index (χ0v) is 12.3. The summed E-state index contributed by atoms with van der Waals surface area (Å²) in [6, 6.07) is 0.236. The molecule has 19 heavy (non-hydrogen) atoms. The number of methoxy groups -OCH3 is 1. The summed E-state index contributed by atoms with van der Waals surface area (Å²) in [4.78, 5) is 0. The number of nitrogens with zero attached hydrogens (tertiary/aromatic N) is 2. The van der Waals surface area contributed by atoms with Gasteiger partial charge in [0.25, 0.3) is 0 Å². The fourth-order valence-corrected chi connectivity index (χ4v) is 2.96. The average molecular weight is 267 g/mol. The van der Waals surface area contributed by atoms with Crippen molar-refractivity contribution in [2.24, 2.45) is 5.92 Å². The molecule has 0 aliphatic carbocycles. The minimum absolute atomic E-state index is 0.236. The molecule has 2 rings (SSSR count). The largest absolute Gasteiger partial charge is 0.493 e. The molecule has 1 aromatic heterocycles. The molecular formula is C14H25N3O2. The van der Waals surface area contributed by atoms with Crippen LogP contribution >= 0.6 is 0 Å².